The molecule has 0 spiro atoms. The normalized spacial score (nSPS) is 11.2. The summed E-state index contributed by atoms with van der Waals surface area (Å²) in [5, 5.41) is 21.3. The van der Waals surface area contributed by atoms with Crippen LogP contribution >= 0.6 is 0 Å². The maximum absolute atomic E-state index is 10.9. The zero-order valence-corrected chi connectivity index (χ0v) is 8.17. The SMILES string of the molecule is CO/N=C(/C(=O)O)c1ccccc1CO. The molecule has 0 heterocycles. The summed E-state index contributed by atoms with van der Waals surface area (Å²) in [5.41, 5.74) is 0.632. The standard InChI is InChI=1S/C10H11NO4/c1-15-11-9(10(13)14)8-5-3-2-4-7(8)6-12/h2-5,12H,6H2,1H3,(H,13,14)/b11-9+. The first-order chi connectivity index (χ1) is 7.20. The molecule has 0 saturated heterocycles. The fraction of sp³-hybridized carbons (Fsp3) is 0.200. The van der Waals surface area contributed by atoms with E-state index in [0.29, 0.717) is 11.1 Å². The van der Waals surface area contributed by atoms with Gasteiger partial charge in [0.05, 0.1) is 6.61 Å². The minimum Gasteiger partial charge on any atom is -0.476 e. The molecule has 0 fully saturated rings. The third-order valence-corrected chi connectivity index (χ3v) is 1.83. The summed E-state index contributed by atoms with van der Waals surface area (Å²) in [6.07, 6.45) is 0. The van der Waals surface area contributed by atoms with Crippen LogP contribution in [-0.4, -0.2) is 29.0 Å². The molecule has 1 rings (SSSR count). The lowest BCUT2D eigenvalue weighted by molar-refractivity contribution is -0.129. The van der Waals surface area contributed by atoms with Gasteiger partial charge in [-0.3, -0.25) is 0 Å². The monoisotopic (exact) mass is 209 g/mol. The van der Waals surface area contributed by atoms with Gasteiger partial charge in [0.15, 0.2) is 5.71 Å². The van der Waals surface area contributed by atoms with Crippen LogP contribution in [-0.2, 0) is 16.2 Å². The third kappa shape index (κ3) is 2.54. The molecule has 80 valence electrons. The average molecular weight is 209 g/mol. The molecule has 2 N–H and O–H groups in total. The first-order valence-corrected chi connectivity index (χ1v) is 4.24. The van der Waals surface area contributed by atoms with Gasteiger partial charge in [-0.25, -0.2) is 4.79 Å². The highest BCUT2D eigenvalue weighted by Gasteiger charge is 2.16. The number of nitrogens with zero attached hydrogens (tertiary/aromatic N) is 1. The highest BCUT2D eigenvalue weighted by atomic mass is 16.6. The minimum absolute atomic E-state index is 0.220. The Morgan fingerprint density at radius 1 is 1.47 bits per heavy atom. The molecule has 0 aliphatic heterocycles. The molecule has 0 aliphatic rings. The molecule has 0 unspecified atom stereocenters. The number of rotatable bonds is 4. The maximum atomic E-state index is 10.9. The molecule has 5 heteroatoms. The van der Waals surface area contributed by atoms with Crippen LogP contribution in [0.5, 0.6) is 0 Å². The van der Waals surface area contributed by atoms with E-state index in [1.807, 2.05) is 0 Å². The summed E-state index contributed by atoms with van der Waals surface area (Å²) >= 11 is 0. The number of oxime groups is 1. The van der Waals surface area contributed by atoms with Crippen molar-refractivity contribution in [2.45, 2.75) is 6.61 Å². The van der Waals surface area contributed by atoms with E-state index in [1.165, 1.54) is 7.11 Å². The average Bonchev–Trinajstić information content (AvgIpc) is 2.25. The molecule has 1 aromatic carbocycles. The van der Waals surface area contributed by atoms with Gasteiger partial charge in [0.25, 0.3) is 0 Å². The summed E-state index contributed by atoms with van der Waals surface area (Å²) in [6, 6.07) is 6.57. The Morgan fingerprint density at radius 3 is 2.67 bits per heavy atom. The van der Waals surface area contributed by atoms with Crippen molar-refractivity contribution in [3.63, 3.8) is 0 Å². The highest BCUT2D eigenvalue weighted by molar-refractivity contribution is 6.42. The number of benzene rings is 1. The molecule has 0 bridgehead atoms. The lowest BCUT2D eigenvalue weighted by atomic mass is 10.0. The summed E-state index contributed by atoms with van der Waals surface area (Å²) in [6.45, 7) is -0.244. The third-order valence-electron chi connectivity index (χ3n) is 1.83. The summed E-state index contributed by atoms with van der Waals surface area (Å²) in [4.78, 5) is 15.3. The van der Waals surface area contributed by atoms with E-state index in [4.69, 9.17) is 10.2 Å². The fourth-order valence-electron chi connectivity index (χ4n) is 1.18. The van der Waals surface area contributed by atoms with E-state index in [9.17, 15) is 4.79 Å². The predicted molar refractivity (Wildman–Crippen MR) is 53.5 cm³/mol. The van der Waals surface area contributed by atoms with Gasteiger partial charge in [-0.1, -0.05) is 29.4 Å². The highest BCUT2D eigenvalue weighted by Crippen LogP contribution is 2.10. The molecule has 0 aromatic heterocycles. The lowest BCUT2D eigenvalue weighted by Gasteiger charge is -2.05. The molecule has 0 atom stereocenters. The lowest BCUT2D eigenvalue weighted by Crippen LogP contribution is -2.16. The van der Waals surface area contributed by atoms with Gasteiger partial charge in [-0.2, -0.15) is 0 Å². The van der Waals surface area contributed by atoms with Crippen molar-refractivity contribution in [1.82, 2.24) is 0 Å². The number of hydrogen-bond acceptors (Lipinski definition) is 4. The quantitative estimate of drug-likeness (QED) is 0.562. The van der Waals surface area contributed by atoms with Crippen LogP contribution in [0.25, 0.3) is 0 Å². The number of aliphatic carboxylic acids is 1. The van der Waals surface area contributed by atoms with Gasteiger partial charge in [-0.05, 0) is 5.56 Å². The Labute approximate surface area is 86.6 Å². The number of carbonyl (C=O) groups is 1. The van der Waals surface area contributed by atoms with Crippen LogP contribution in [0.2, 0.25) is 0 Å². The van der Waals surface area contributed by atoms with Gasteiger partial charge in [0, 0.05) is 5.56 Å². The van der Waals surface area contributed by atoms with Crippen LogP contribution in [0.4, 0.5) is 0 Å². The second-order valence-corrected chi connectivity index (χ2v) is 2.74. The molecule has 0 aliphatic carbocycles. The zero-order chi connectivity index (χ0) is 11.3. The smallest absolute Gasteiger partial charge is 0.358 e. The second-order valence-electron chi connectivity index (χ2n) is 2.74. The van der Waals surface area contributed by atoms with E-state index in [2.05, 4.69) is 9.99 Å². The number of carboxylic acids is 1. The summed E-state index contributed by atoms with van der Waals surface area (Å²) < 4.78 is 0. The Balaban J connectivity index is 3.22. The molecular weight excluding hydrogens is 198 g/mol. The van der Waals surface area contributed by atoms with E-state index >= 15 is 0 Å². The number of carboxylic acid groups (broad SMARTS) is 1. The summed E-state index contributed by atoms with van der Waals surface area (Å²) in [7, 11) is 1.27. The number of aliphatic hydroxyl groups excluding tert-OH is 1. The van der Waals surface area contributed by atoms with Crippen molar-refractivity contribution < 1.29 is 19.8 Å². The minimum atomic E-state index is -1.20. The van der Waals surface area contributed by atoms with Gasteiger partial charge in [-0.15, -0.1) is 0 Å². The van der Waals surface area contributed by atoms with Crippen molar-refractivity contribution in [2.75, 3.05) is 7.11 Å². The largest absolute Gasteiger partial charge is 0.476 e. The molecule has 1 aromatic rings. The molecule has 0 amide bonds. The molecule has 5 nitrogen and oxygen atoms in total. The number of hydrogen-bond donors (Lipinski definition) is 2. The van der Waals surface area contributed by atoms with E-state index in [-0.39, 0.29) is 12.3 Å². The van der Waals surface area contributed by atoms with Crippen molar-refractivity contribution >= 4 is 11.7 Å². The Bertz CT molecular complexity index is 387. The van der Waals surface area contributed by atoms with Crippen LogP contribution in [0.3, 0.4) is 0 Å². The van der Waals surface area contributed by atoms with Gasteiger partial charge >= 0.3 is 5.97 Å². The van der Waals surface area contributed by atoms with Crippen molar-refractivity contribution in [1.29, 1.82) is 0 Å². The maximum Gasteiger partial charge on any atom is 0.358 e. The van der Waals surface area contributed by atoms with E-state index in [1.54, 1.807) is 24.3 Å². The van der Waals surface area contributed by atoms with Crippen LogP contribution in [0, 0.1) is 0 Å². The molecular formula is C10H11NO4. The fourth-order valence-corrected chi connectivity index (χ4v) is 1.18. The van der Waals surface area contributed by atoms with Crippen LogP contribution in [0.1, 0.15) is 11.1 Å². The van der Waals surface area contributed by atoms with Gasteiger partial charge < -0.3 is 15.1 Å². The second kappa shape index (κ2) is 5.11. The zero-order valence-electron chi connectivity index (χ0n) is 8.17. The Morgan fingerprint density at radius 2 is 2.13 bits per heavy atom. The molecule has 0 radical (unpaired) electrons. The van der Waals surface area contributed by atoms with Crippen molar-refractivity contribution in [2.24, 2.45) is 5.16 Å². The molecule has 15 heavy (non-hydrogen) atoms. The molecule has 0 saturated carbocycles. The van der Waals surface area contributed by atoms with Crippen molar-refractivity contribution in [3.05, 3.63) is 35.4 Å². The van der Waals surface area contributed by atoms with E-state index < -0.39 is 5.97 Å². The predicted octanol–water partition coefficient (Wildman–Crippen LogP) is 0.614. The Kier molecular flexibility index (Phi) is 3.82. The van der Waals surface area contributed by atoms with Crippen LogP contribution in [0.15, 0.2) is 29.4 Å². The summed E-state index contributed by atoms with van der Waals surface area (Å²) in [5.74, 6) is -1.20. The Hall–Kier alpha value is -1.88. The van der Waals surface area contributed by atoms with Gasteiger partial charge in [0.1, 0.15) is 7.11 Å². The van der Waals surface area contributed by atoms with Gasteiger partial charge in [0.2, 0.25) is 0 Å². The first kappa shape index (κ1) is 11.2. The number of aliphatic hydroxyl groups is 1. The topological polar surface area (TPSA) is 79.1 Å². The van der Waals surface area contributed by atoms with E-state index in [0.717, 1.165) is 0 Å². The first-order valence-electron chi connectivity index (χ1n) is 4.24. The van der Waals surface area contributed by atoms with Crippen molar-refractivity contribution in [3.8, 4) is 0 Å². The van der Waals surface area contributed by atoms with Crippen LogP contribution < -0.4 is 0 Å².